The molecule has 34 heavy (non-hydrogen) atoms. The van der Waals surface area contributed by atoms with Crippen LogP contribution in [0.5, 0.6) is 0 Å². The van der Waals surface area contributed by atoms with Crippen LogP contribution in [0.4, 0.5) is 10.1 Å². The number of sulfonamides is 1. The van der Waals surface area contributed by atoms with Crippen LogP contribution in [0.25, 0.3) is 0 Å². The fourth-order valence-corrected chi connectivity index (χ4v) is 5.60. The van der Waals surface area contributed by atoms with Gasteiger partial charge in [0.15, 0.2) is 0 Å². The second kappa shape index (κ2) is 10.5. The second-order valence-corrected chi connectivity index (χ2v) is 10.2. The van der Waals surface area contributed by atoms with Gasteiger partial charge in [0, 0.05) is 50.5 Å². The molecule has 0 bridgehead atoms. The van der Waals surface area contributed by atoms with E-state index in [9.17, 15) is 17.6 Å². The standard InChI is InChI=1S/C26H28FN3O3S/c1-2-30(24-13-11-23(27)12-14-24)26(31)22-9-6-10-25(19-22)34(32,33)29-17-15-28(16-18-29)20-21-7-4-3-5-8-21/h3-14,19H,2,15-18,20H2,1H3. The molecule has 3 aromatic carbocycles. The molecule has 0 unspecified atom stereocenters. The zero-order chi connectivity index (χ0) is 24.1. The predicted molar refractivity (Wildman–Crippen MR) is 131 cm³/mol. The minimum absolute atomic E-state index is 0.102. The van der Waals surface area contributed by atoms with Crippen LogP contribution in [-0.2, 0) is 16.6 Å². The highest BCUT2D eigenvalue weighted by Gasteiger charge is 2.29. The first kappa shape index (κ1) is 24.1. The largest absolute Gasteiger partial charge is 0.309 e. The van der Waals surface area contributed by atoms with E-state index in [0.717, 1.165) is 6.54 Å². The normalized spacial score (nSPS) is 15.2. The summed E-state index contributed by atoms with van der Waals surface area (Å²) in [7, 11) is -3.73. The lowest BCUT2D eigenvalue weighted by molar-refractivity contribution is 0.0988. The van der Waals surface area contributed by atoms with Gasteiger partial charge in [0.25, 0.3) is 5.91 Å². The van der Waals surface area contributed by atoms with E-state index in [2.05, 4.69) is 17.0 Å². The molecular formula is C26H28FN3O3S. The highest BCUT2D eigenvalue weighted by molar-refractivity contribution is 7.89. The monoisotopic (exact) mass is 481 g/mol. The van der Waals surface area contributed by atoms with Gasteiger partial charge in [-0.2, -0.15) is 4.31 Å². The number of hydrogen-bond donors (Lipinski definition) is 0. The number of halogens is 1. The molecular weight excluding hydrogens is 453 g/mol. The van der Waals surface area contributed by atoms with Crippen molar-refractivity contribution in [3.05, 3.63) is 95.8 Å². The zero-order valence-corrected chi connectivity index (χ0v) is 19.9. The molecule has 0 atom stereocenters. The molecule has 8 heteroatoms. The van der Waals surface area contributed by atoms with Crippen molar-refractivity contribution < 1.29 is 17.6 Å². The van der Waals surface area contributed by atoms with E-state index >= 15 is 0 Å². The molecule has 6 nitrogen and oxygen atoms in total. The maximum absolute atomic E-state index is 13.3. The van der Waals surface area contributed by atoms with Crippen LogP contribution in [0.2, 0.25) is 0 Å². The summed E-state index contributed by atoms with van der Waals surface area (Å²) < 4.78 is 41.4. The predicted octanol–water partition coefficient (Wildman–Crippen LogP) is 4.00. The molecule has 0 saturated carbocycles. The number of piperazine rings is 1. The summed E-state index contributed by atoms with van der Waals surface area (Å²) in [5, 5.41) is 0. The van der Waals surface area contributed by atoms with Crippen molar-refractivity contribution in [3.8, 4) is 0 Å². The summed E-state index contributed by atoms with van der Waals surface area (Å²) in [5.74, 6) is -0.719. The van der Waals surface area contributed by atoms with Crippen molar-refractivity contribution in [1.29, 1.82) is 0 Å². The zero-order valence-electron chi connectivity index (χ0n) is 19.1. The Hall–Kier alpha value is -3.07. The van der Waals surface area contributed by atoms with E-state index in [0.29, 0.717) is 38.4 Å². The number of rotatable bonds is 7. The summed E-state index contributed by atoms with van der Waals surface area (Å²) in [6.07, 6.45) is 0. The lowest BCUT2D eigenvalue weighted by Crippen LogP contribution is -2.48. The summed E-state index contributed by atoms with van der Waals surface area (Å²) >= 11 is 0. The number of anilines is 1. The molecule has 4 rings (SSSR count). The Bertz CT molecular complexity index is 1230. The van der Waals surface area contributed by atoms with Gasteiger partial charge >= 0.3 is 0 Å². The average molecular weight is 482 g/mol. The number of benzene rings is 3. The number of carbonyl (C=O) groups is 1. The maximum atomic E-state index is 13.3. The molecule has 1 fully saturated rings. The van der Waals surface area contributed by atoms with Gasteiger partial charge in [0.05, 0.1) is 4.90 Å². The van der Waals surface area contributed by atoms with Crippen LogP contribution in [0.1, 0.15) is 22.8 Å². The van der Waals surface area contributed by atoms with Gasteiger partial charge in [-0.1, -0.05) is 36.4 Å². The van der Waals surface area contributed by atoms with Crippen molar-refractivity contribution >= 4 is 21.6 Å². The molecule has 1 aliphatic heterocycles. The lowest BCUT2D eigenvalue weighted by Gasteiger charge is -2.34. The fraction of sp³-hybridized carbons (Fsp3) is 0.269. The van der Waals surface area contributed by atoms with Crippen LogP contribution in [0.15, 0.2) is 83.8 Å². The van der Waals surface area contributed by atoms with E-state index in [4.69, 9.17) is 0 Å². The quantitative estimate of drug-likeness (QED) is 0.512. The average Bonchev–Trinajstić information content (AvgIpc) is 2.86. The summed E-state index contributed by atoms with van der Waals surface area (Å²) in [6, 6.07) is 21.9. The van der Waals surface area contributed by atoms with Crippen LogP contribution >= 0.6 is 0 Å². The van der Waals surface area contributed by atoms with Crippen molar-refractivity contribution in [3.63, 3.8) is 0 Å². The fourth-order valence-electron chi connectivity index (χ4n) is 4.13. The van der Waals surface area contributed by atoms with Crippen molar-refractivity contribution in [1.82, 2.24) is 9.21 Å². The van der Waals surface area contributed by atoms with Crippen molar-refractivity contribution in [2.75, 3.05) is 37.6 Å². The summed E-state index contributed by atoms with van der Waals surface area (Å²) in [5.41, 5.74) is 2.03. The van der Waals surface area contributed by atoms with Gasteiger partial charge in [-0.3, -0.25) is 9.69 Å². The lowest BCUT2D eigenvalue weighted by atomic mass is 10.2. The van der Waals surface area contributed by atoms with Crippen LogP contribution in [0, 0.1) is 5.82 Å². The highest BCUT2D eigenvalue weighted by Crippen LogP contribution is 2.22. The highest BCUT2D eigenvalue weighted by atomic mass is 32.2. The molecule has 0 aliphatic carbocycles. The first-order valence-electron chi connectivity index (χ1n) is 11.3. The van der Waals surface area contributed by atoms with Gasteiger partial charge in [-0.25, -0.2) is 12.8 Å². The van der Waals surface area contributed by atoms with E-state index in [1.54, 1.807) is 12.1 Å². The molecule has 0 radical (unpaired) electrons. The topological polar surface area (TPSA) is 60.9 Å². The Morgan fingerprint density at radius 1 is 0.912 bits per heavy atom. The van der Waals surface area contributed by atoms with Crippen molar-refractivity contribution in [2.45, 2.75) is 18.4 Å². The third-order valence-corrected chi connectivity index (χ3v) is 7.89. The van der Waals surface area contributed by atoms with Gasteiger partial charge in [-0.05, 0) is 55.0 Å². The van der Waals surface area contributed by atoms with Gasteiger partial charge in [0.1, 0.15) is 5.82 Å². The molecule has 0 spiro atoms. The SMILES string of the molecule is CCN(C(=O)c1cccc(S(=O)(=O)N2CCN(Cc3ccccc3)CC2)c1)c1ccc(F)cc1. The molecule has 1 saturated heterocycles. The number of carbonyl (C=O) groups excluding carboxylic acids is 1. The molecule has 178 valence electrons. The minimum atomic E-state index is -3.73. The Labute approximate surface area is 200 Å². The van der Waals surface area contributed by atoms with Crippen LogP contribution in [-0.4, -0.2) is 56.3 Å². The Morgan fingerprint density at radius 3 is 2.24 bits per heavy atom. The van der Waals surface area contributed by atoms with E-state index < -0.39 is 10.0 Å². The van der Waals surface area contributed by atoms with Crippen molar-refractivity contribution in [2.24, 2.45) is 0 Å². The Kier molecular flexibility index (Phi) is 7.41. The smallest absolute Gasteiger partial charge is 0.258 e. The van der Waals surface area contributed by atoms with Gasteiger partial charge < -0.3 is 4.90 Å². The second-order valence-electron chi connectivity index (χ2n) is 8.22. The van der Waals surface area contributed by atoms with E-state index in [-0.39, 0.29) is 22.2 Å². The Morgan fingerprint density at radius 2 is 1.59 bits per heavy atom. The molecule has 1 amide bonds. The van der Waals surface area contributed by atoms with Crippen LogP contribution in [0.3, 0.4) is 0 Å². The molecule has 1 heterocycles. The van der Waals surface area contributed by atoms with Gasteiger partial charge in [0.2, 0.25) is 10.0 Å². The molecule has 0 N–H and O–H groups in total. The minimum Gasteiger partial charge on any atom is -0.309 e. The molecule has 3 aromatic rings. The number of nitrogens with zero attached hydrogens (tertiary/aromatic N) is 3. The third kappa shape index (κ3) is 5.35. The third-order valence-electron chi connectivity index (χ3n) is 6.00. The Balaban J connectivity index is 1.47. The molecule has 0 aromatic heterocycles. The number of hydrogen-bond acceptors (Lipinski definition) is 4. The summed E-state index contributed by atoms with van der Waals surface area (Å²) in [4.78, 5) is 17.0. The summed E-state index contributed by atoms with van der Waals surface area (Å²) in [6.45, 7) is 5.03. The maximum Gasteiger partial charge on any atom is 0.258 e. The first-order chi connectivity index (χ1) is 16.4. The van der Waals surface area contributed by atoms with E-state index in [1.165, 1.54) is 51.2 Å². The van der Waals surface area contributed by atoms with E-state index in [1.807, 2.05) is 25.1 Å². The molecule has 1 aliphatic rings. The number of amides is 1. The first-order valence-corrected chi connectivity index (χ1v) is 12.8. The van der Waals surface area contributed by atoms with Gasteiger partial charge in [-0.15, -0.1) is 0 Å². The van der Waals surface area contributed by atoms with Crippen LogP contribution < -0.4 is 4.90 Å².